The first-order valence-corrected chi connectivity index (χ1v) is 7.24. The van der Waals surface area contributed by atoms with Gasteiger partial charge < -0.3 is 14.7 Å². The first kappa shape index (κ1) is 14.4. The van der Waals surface area contributed by atoms with Crippen molar-refractivity contribution in [2.45, 2.75) is 32.8 Å². The first-order valence-electron chi connectivity index (χ1n) is 7.24. The molecular formula is C16H25NO2. The van der Waals surface area contributed by atoms with E-state index in [1.54, 1.807) is 0 Å². The Morgan fingerprint density at radius 1 is 1.42 bits per heavy atom. The number of β-amino-alcohol motifs (C(OH)–C–C–N with tert-alkyl or cyclic N) is 1. The Morgan fingerprint density at radius 2 is 2.21 bits per heavy atom. The van der Waals surface area contributed by atoms with Gasteiger partial charge in [-0.05, 0) is 43.9 Å². The minimum absolute atomic E-state index is 0.371. The van der Waals surface area contributed by atoms with Gasteiger partial charge in [-0.3, -0.25) is 0 Å². The van der Waals surface area contributed by atoms with Crippen molar-refractivity contribution < 1.29 is 9.84 Å². The summed E-state index contributed by atoms with van der Waals surface area (Å²) >= 11 is 0. The van der Waals surface area contributed by atoms with E-state index in [1.807, 2.05) is 31.2 Å². The number of aliphatic hydroxyl groups excluding tert-OH is 1. The fraction of sp³-hybridized carbons (Fsp3) is 0.625. The number of piperidine rings is 1. The minimum Gasteiger partial charge on any atom is -0.491 e. The molecule has 106 valence electrons. The molecule has 1 aliphatic heterocycles. The Morgan fingerprint density at radius 3 is 2.95 bits per heavy atom. The number of ether oxygens (including phenoxy) is 1. The lowest BCUT2D eigenvalue weighted by Gasteiger charge is -2.32. The number of hydrogen-bond acceptors (Lipinski definition) is 3. The summed E-state index contributed by atoms with van der Waals surface area (Å²) in [7, 11) is 0. The van der Waals surface area contributed by atoms with Crippen molar-refractivity contribution in [1.29, 1.82) is 0 Å². The normalized spacial score (nSPS) is 22.2. The van der Waals surface area contributed by atoms with Crippen LogP contribution in [-0.4, -0.2) is 42.4 Å². The maximum atomic E-state index is 10.1. The maximum Gasteiger partial charge on any atom is 0.122 e. The molecule has 0 aliphatic carbocycles. The molecule has 1 aliphatic rings. The summed E-state index contributed by atoms with van der Waals surface area (Å²) in [6, 6.07) is 7.92. The summed E-state index contributed by atoms with van der Waals surface area (Å²) in [6.45, 7) is 7.59. The second kappa shape index (κ2) is 6.92. The van der Waals surface area contributed by atoms with Gasteiger partial charge in [0.25, 0.3) is 0 Å². The highest BCUT2D eigenvalue weighted by Gasteiger charge is 2.19. The maximum absolute atomic E-state index is 10.1. The topological polar surface area (TPSA) is 32.7 Å². The molecule has 19 heavy (non-hydrogen) atoms. The smallest absolute Gasteiger partial charge is 0.122 e. The van der Waals surface area contributed by atoms with E-state index in [9.17, 15) is 5.11 Å². The number of nitrogens with zero attached hydrogens (tertiary/aromatic N) is 1. The summed E-state index contributed by atoms with van der Waals surface area (Å²) in [5.41, 5.74) is 1.11. The Labute approximate surface area is 116 Å². The van der Waals surface area contributed by atoms with Gasteiger partial charge in [0, 0.05) is 13.1 Å². The molecule has 1 fully saturated rings. The van der Waals surface area contributed by atoms with E-state index in [4.69, 9.17) is 4.74 Å². The van der Waals surface area contributed by atoms with Crippen molar-refractivity contribution in [2.24, 2.45) is 5.92 Å². The van der Waals surface area contributed by atoms with Gasteiger partial charge >= 0.3 is 0 Å². The fourth-order valence-corrected chi connectivity index (χ4v) is 2.71. The number of hydrogen-bond donors (Lipinski definition) is 1. The van der Waals surface area contributed by atoms with Gasteiger partial charge in [-0.1, -0.05) is 25.1 Å². The predicted octanol–water partition coefficient (Wildman–Crippen LogP) is 2.47. The highest BCUT2D eigenvalue weighted by molar-refractivity contribution is 5.31. The molecule has 1 aromatic rings. The van der Waals surface area contributed by atoms with E-state index in [1.165, 1.54) is 12.8 Å². The van der Waals surface area contributed by atoms with Gasteiger partial charge in [-0.2, -0.15) is 0 Å². The van der Waals surface area contributed by atoms with Crippen molar-refractivity contribution in [3.8, 4) is 5.75 Å². The number of aryl methyl sites for hydroxylation is 1. The zero-order valence-electron chi connectivity index (χ0n) is 12.0. The third-order valence-electron chi connectivity index (χ3n) is 3.73. The van der Waals surface area contributed by atoms with Crippen LogP contribution in [0, 0.1) is 12.8 Å². The number of para-hydroxylation sites is 1. The van der Waals surface area contributed by atoms with E-state index in [0.29, 0.717) is 6.61 Å². The van der Waals surface area contributed by atoms with E-state index in [2.05, 4.69) is 11.8 Å². The van der Waals surface area contributed by atoms with Crippen LogP contribution in [-0.2, 0) is 0 Å². The molecular weight excluding hydrogens is 238 g/mol. The Hall–Kier alpha value is -1.06. The lowest BCUT2D eigenvalue weighted by atomic mass is 10.0. The van der Waals surface area contributed by atoms with Crippen LogP contribution < -0.4 is 4.74 Å². The van der Waals surface area contributed by atoms with Gasteiger partial charge in [0.05, 0.1) is 0 Å². The molecule has 0 spiro atoms. The van der Waals surface area contributed by atoms with Gasteiger partial charge in [0.2, 0.25) is 0 Å². The monoisotopic (exact) mass is 263 g/mol. The van der Waals surface area contributed by atoms with Gasteiger partial charge in [0.15, 0.2) is 0 Å². The zero-order chi connectivity index (χ0) is 13.7. The third-order valence-corrected chi connectivity index (χ3v) is 3.73. The average Bonchev–Trinajstić information content (AvgIpc) is 2.38. The lowest BCUT2D eigenvalue weighted by Crippen LogP contribution is -2.41. The van der Waals surface area contributed by atoms with Crippen molar-refractivity contribution in [1.82, 2.24) is 4.90 Å². The molecule has 0 amide bonds. The molecule has 1 saturated heterocycles. The largest absolute Gasteiger partial charge is 0.491 e. The number of benzene rings is 1. The fourth-order valence-electron chi connectivity index (χ4n) is 2.71. The summed E-state index contributed by atoms with van der Waals surface area (Å²) in [5.74, 6) is 1.62. The van der Waals surface area contributed by atoms with Crippen molar-refractivity contribution in [3.05, 3.63) is 29.8 Å². The number of rotatable bonds is 5. The predicted molar refractivity (Wildman–Crippen MR) is 77.5 cm³/mol. The number of aliphatic hydroxyl groups is 1. The second-order valence-corrected chi connectivity index (χ2v) is 5.74. The molecule has 2 rings (SSSR count). The van der Waals surface area contributed by atoms with Crippen LogP contribution in [0.2, 0.25) is 0 Å². The van der Waals surface area contributed by atoms with Crippen molar-refractivity contribution in [2.75, 3.05) is 26.2 Å². The third kappa shape index (κ3) is 4.51. The van der Waals surface area contributed by atoms with E-state index in [-0.39, 0.29) is 0 Å². The Kier molecular flexibility index (Phi) is 5.23. The van der Waals surface area contributed by atoms with Crippen LogP contribution in [0.3, 0.4) is 0 Å². The van der Waals surface area contributed by atoms with Crippen LogP contribution in [0.4, 0.5) is 0 Å². The molecule has 0 saturated carbocycles. The molecule has 1 N–H and O–H groups in total. The molecule has 2 atom stereocenters. The summed E-state index contributed by atoms with van der Waals surface area (Å²) < 4.78 is 5.69. The van der Waals surface area contributed by atoms with Crippen LogP contribution in [0.25, 0.3) is 0 Å². The molecule has 0 aromatic heterocycles. The molecule has 1 heterocycles. The standard InChI is InChI=1S/C16H25NO2/c1-13-6-5-9-17(10-13)11-15(18)12-19-16-8-4-3-7-14(16)2/h3-4,7-8,13,15,18H,5-6,9-12H2,1-2H3/t13-,15+/m0/s1. The first-order chi connectivity index (χ1) is 9.15. The SMILES string of the molecule is Cc1ccccc1OC[C@H](O)CN1CCC[C@H](C)C1. The Bertz CT molecular complexity index is 394. The van der Waals surface area contributed by atoms with Crippen LogP contribution >= 0.6 is 0 Å². The van der Waals surface area contributed by atoms with E-state index >= 15 is 0 Å². The quantitative estimate of drug-likeness (QED) is 0.886. The van der Waals surface area contributed by atoms with Crippen LogP contribution in [0.1, 0.15) is 25.3 Å². The second-order valence-electron chi connectivity index (χ2n) is 5.74. The molecule has 0 bridgehead atoms. The van der Waals surface area contributed by atoms with Gasteiger partial charge in [-0.15, -0.1) is 0 Å². The minimum atomic E-state index is -0.412. The molecule has 3 heteroatoms. The van der Waals surface area contributed by atoms with Crippen molar-refractivity contribution >= 4 is 0 Å². The van der Waals surface area contributed by atoms with Crippen molar-refractivity contribution in [3.63, 3.8) is 0 Å². The van der Waals surface area contributed by atoms with E-state index < -0.39 is 6.10 Å². The average molecular weight is 263 g/mol. The highest BCUT2D eigenvalue weighted by atomic mass is 16.5. The van der Waals surface area contributed by atoms with Crippen LogP contribution in [0.5, 0.6) is 5.75 Å². The number of likely N-dealkylation sites (tertiary alicyclic amines) is 1. The molecule has 0 unspecified atom stereocenters. The molecule has 0 radical (unpaired) electrons. The molecule has 3 nitrogen and oxygen atoms in total. The van der Waals surface area contributed by atoms with E-state index in [0.717, 1.165) is 36.9 Å². The van der Waals surface area contributed by atoms with Crippen LogP contribution in [0.15, 0.2) is 24.3 Å². The Balaban J connectivity index is 1.75. The highest BCUT2D eigenvalue weighted by Crippen LogP contribution is 2.18. The lowest BCUT2D eigenvalue weighted by molar-refractivity contribution is 0.0535. The summed E-state index contributed by atoms with van der Waals surface area (Å²) in [5, 5.41) is 10.1. The molecule has 1 aromatic carbocycles. The summed E-state index contributed by atoms with van der Waals surface area (Å²) in [6.07, 6.45) is 2.14. The van der Waals surface area contributed by atoms with Gasteiger partial charge in [0.1, 0.15) is 18.5 Å². The summed E-state index contributed by atoms with van der Waals surface area (Å²) in [4.78, 5) is 2.35. The zero-order valence-corrected chi connectivity index (χ0v) is 12.0. The van der Waals surface area contributed by atoms with Gasteiger partial charge in [-0.25, -0.2) is 0 Å².